The minimum absolute atomic E-state index is 0.353. The molecule has 0 saturated heterocycles. The molecule has 4 atom stereocenters. The number of ether oxygens (including phenoxy) is 5. The minimum atomic E-state index is -1.93. The van der Waals surface area contributed by atoms with Crippen molar-refractivity contribution in [2.45, 2.75) is 52.3 Å². The summed E-state index contributed by atoms with van der Waals surface area (Å²) in [4.78, 5) is 44.6. The van der Waals surface area contributed by atoms with Crippen molar-refractivity contribution < 1.29 is 48.0 Å². The average Bonchev–Trinajstić information content (AvgIpc) is 2.42. The summed E-state index contributed by atoms with van der Waals surface area (Å²) in [6, 6.07) is 0. The van der Waals surface area contributed by atoms with Crippen LogP contribution in [0.5, 0.6) is 0 Å². The molecule has 0 saturated carbocycles. The minimum Gasteiger partial charge on any atom is -0.463 e. The van der Waals surface area contributed by atoms with E-state index in [-0.39, 0.29) is 6.61 Å². The second-order valence-corrected chi connectivity index (χ2v) is 4.72. The number of rotatable bonds is 9. The maximum atomic E-state index is 11.3. The van der Waals surface area contributed by atoms with Gasteiger partial charge >= 0.3 is 23.9 Å². The quantitative estimate of drug-likeness (QED) is 0.323. The second kappa shape index (κ2) is 10.6. The van der Waals surface area contributed by atoms with E-state index in [4.69, 9.17) is 18.9 Å². The number of carbonyl (C=O) groups excluding carboxylic acids is 4. The molecule has 24 heavy (non-hydrogen) atoms. The molecule has 10 heteroatoms. The summed E-state index contributed by atoms with van der Waals surface area (Å²) < 4.78 is 24.4. The summed E-state index contributed by atoms with van der Waals surface area (Å²) in [7, 11) is 1.23. The van der Waals surface area contributed by atoms with Gasteiger partial charge in [-0.15, -0.1) is 0 Å². The van der Waals surface area contributed by atoms with Crippen LogP contribution < -0.4 is 0 Å². The number of carbonyl (C=O) groups is 4. The molecular formula is C14H22O10. The van der Waals surface area contributed by atoms with E-state index in [1.165, 1.54) is 7.11 Å². The first-order valence-electron chi connectivity index (χ1n) is 6.94. The molecule has 0 aromatic rings. The normalized spacial score (nSPS) is 15.4. The zero-order valence-electron chi connectivity index (χ0n) is 14.1. The van der Waals surface area contributed by atoms with Gasteiger partial charge in [-0.1, -0.05) is 0 Å². The molecular weight excluding hydrogens is 328 g/mol. The van der Waals surface area contributed by atoms with Crippen LogP contribution in [0, 0.1) is 0 Å². The number of hydrogen-bond acceptors (Lipinski definition) is 10. The molecule has 4 unspecified atom stereocenters. The van der Waals surface area contributed by atoms with E-state index < -0.39 is 48.5 Å². The zero-order chi connectivity index (χ0) is 18.9. The molecule has 1 N–H and O–H groups in total. The number of esters is 4. The largest absolute Gasteiger partial charge is 0.463 e. The van der Waals surface area contributed by atoms with Crippen molar-refractivity contribution in [3.05, 3.63) is 0 Å². The predicted molar refractivity (Wildman–Crippen MR) is 76.3 cm³/mol. The Labute approximate surface area is 138 Å². The van der Waals surface area contributed by atoms with Gasteiger partial charge in [-0.2, -0.15) is 0 Å². The fourth-order valence-corrected chi connectivity index (χ4v) is 1.76. The molecule has 0 rings (SSSR count). The number of aliphatic hydroxyl groups excluding tert-OH is 1. The highest BCUT2D eigenvalue weighted by Crippen LogP contribution is 2.18. The highest BCUT2D eigenvalue weighted by Gasteiger charge is 2.41. The third-order valence-corrected chi connectivity index (χ3v) is 2.62. The maximum Gasteiger partial charge on any atom is 0.305 e. The van der Waals surface area contributed by atoms with Crippen molar-refractivity contribution in [1.29, 1.82) is 0 Å². The fraction of sp³-hybridized carbons (Fsp3) is 0.714. The van der Waals surface area contributed by atoms with Crippen LogP contribution in [-0.2, 0) is 42.9 Å². The Morgan fingerprint density at radius 3 is 1.62 bits per heavy atom. The van der Waals surface area contributed by atoms with Crippen LogP contribution in [-0.4, -0.2) is 67.3 Å². The topological polar surface area (TPSA) is 135 Å². The lowest BCUT2D eigenvalue weighted by Crippen LogP contribution is -2.52. The molecule has 0 amide bonds. The summed E-state index contributed by atoms with van der Waals surface area (Å²) in [5, 5.41) is 9.96. The summed E-state index contributed by atoms with van der Waals surface area (Å²) >= 11 is 0. The Balaban J connectivity index is 5.52. The van der Waals surface area contributed by atoms with Crippen LogP contribution in [0.4, 0.5) is 0 Å². The number of aliphatic hydroxyl groups is 1. The first kappa shape index (κ1) is 21.8. The average molecular weight is 350 g/mol. The van der Waals surface area contributed by atoms with Gasteiger partial charge in [-0.25, -0.2) is 0 Å². The molecule has 0 aliphatic heterocycles. The number of hydrogen-bond donors (Lipinski definition) is 1. The van der Waals surface area contributed by atoms with Gasteiger partial charge in [0, 0.05) is 34.8 Å². The summed E-state index contributed by atoms with van der Waals surface area (Å²) in [6.45, 7) is 3.96. The van der Waals surface area contributed by atoms with Gasteiger partial charge in [0.2, 0.25) is 12.4 Å². The van der Waals surface area contributed by atoms with Crippen LogP contribution >= 0.6 is 0 Å². The Kier molecular flexibility index (Phi) is 9.58. The van der Waals surface area contributed by atoms with Crippen LogP contribution in [0.1, 0.15) is 27.7 Å². The Morgan fingerprint density at radius 1 is 0.792 bits per heavy atom. The maximum absolute atomic E-state index is 11.3. The zero-order valence-corrected chi connectivity index (χ0v) is 14.1. The van der Waals surface area contributed by atoms with Crippen molar-refractivity contribution in [1.82, 2.24) is 0 Å². The SMILES string of the molecule is COC(COC(C)=O)C(OC(C)=O)C(OC(C)=O)C(O)OC(C)=O. The van der Waals surface area contributed by atoms with E-state index in [9.17, 15) is 24.3 Å². The molecule has 0 fully saturated rings. The van der Waals surface area contributed by atoms with Gasteiger partial charge in [0.05, 0.1) is 0 Å². The van der Waals surface area contributed by atoms with Crippen LogP contribution in [0.3, 0.4) is 0 Å². The molecule has 0 aromatic carbocycles. The highest BCUT2D eigenvalue weighted by atomic mass is 16.7. The van der Waals surface area contributed by atoms with Gasteiger partial charge in [0.1, 0.15) is 12.7 Å². The third kappa shape index (κ3) is 8.44. The predicted octanol–water partition coefficient (Wildman–Crippen LogP) is -0.691. The van der Waals surface area contributed by atoms with Crippen molar-refractivity contribution in [3.8, 4) is 0 Å². The van der Waals surface area contributed by atoms with E-state index in [1.807, 2.05) is 0 Å². The van der Waals surface area contributed by atoms with Gasteiger partial charge < -0.3 is 28.8 Å². The third-order valence-electron chi connectivity index (χ3n) is 2.62. The first-order chi connectivity index (χ1) is 11.1. The monoisotopic (exact) mass is 350 g/mol. The number of methoxy groups -OCH3 is 1. The van der Waals surface area contributed by atoms with Crippen molar-refractivity contribution in [2.75, 3.05) is 13.7 Å². The lowest BCUT2D eigenvalue weighted by atomic mass is 10.1. The van der Waals surface area contributed by atoms with Crippen molar-refractivity contribution in [3.63, 3.8) is 0 Å². The fourth-order valence-electron chi connectivity index (χ4n) is 1.76. The molecule has 10 nitrogen and oxygen atoms in total. The first-order valence-corrected chi connectivity index (χ1v) is 6.94. The molecule has 0 aliphatic carbocycles. The van der Waals surface area contributed by atoms with E-state index in [0.717, 1.165) is 27.7 Å². The van der Waals surface area contributed by atoms with Gasteiger partial charge in [-0.05, 0) is 0 Å². The Morgan fingerprint density at radius 2 is 1.25 bits per heavy atom. The molecule has 0 spiro atoms. The van der Waals surface area contributed by atoms with Gasteiger partial charge in [-0.3, -0.25) is 19.2 Å². The standard InChI is InChI=1S/C14H22O10/c1-7(15)21-6-11(20-5)12(22-8(2)16)13(23-9(3)17)14(19)24-10(4)18/h11-14,19H,6H2,1-5H3. The van der Waals surface area contributed by atoms with Crippen LogP contribution in [0.25, 0.3) is 0 Å². The molecule has 138 valence electrons. The lowest BCUT2D eigenvalue weighted by molar-refractivity contribution is -0.228. The summed E-state index contributed by atoms with van der Waals surface area (Å²) in [5.74, 6) is -3.08. The van der Waals surface area contributed by atoms with Crippen LogP contribution in [0.2, 0.25) is 0 Å². The van der Waals surface area contributed by atoms with E-state index in [1.54, 1.807) is 0 Å². The molecule has 0 aliphatic rings. The smallest absolute Gasteiger partial charge is 0.305 e. The molecule has 0 bridgehead atoms. The summed E-state index contributed by atoms with van der Waals surface area (Å²) in [6.07, 6.45) is -6.00. The Hall–Kier alpha value is -2.20. The van der Waals surface area contributed by atoms with Crippen LogP contribution in [0.15, 0.2) is 0 Å². The molecule has 0 aromatic heterocycles. The highest BCUT2D eigenvalue weighted by molar-refractivity contribution is 5.68. The van der Waals surface area contributed by atoms with Gasteiger partial charge in [0.25, 0.3) is 0 Å². The molecule has 0 radical (unpaired) electrons. The van der Waals surface area contributed by atoms with E-state index in [0.29, 0.717) is 0 Å². The second-order valence-electron chi connectivity index (χ2n) is 4.72. The summed E-state index contributed by atoms with van der Waals surface area (Å²) in [5.41, 5.74) is 0. The Bertz CT molecular complexity index is 460. The van der Waals surface area contributed by atoms with E-state index in [2.05, 4.69) is 4.74 Å². The van der Waals surface area contributed by atoms with Gasteiger partial charge in [0.15, 0.2) is 6.10 Å². The van der Waals surface area contributed by atoms with Crippen molar-refractivity contribution >= 4 is 23.9 Å². The lowest BCUT2D eigenvalue weighted by Gasteiger charge is -2.33. The van der Waals surface area contributed by atoms with E-state index >= 15 is 0 Å². The molecule has 0 heterocycles. The van der Waals surface area contributed by atoms with Crippen molar-refractivity contribution in [2.24, 2.45) is 0 Å².